The van der Waals surface area contributed by atoms with E-state index in [1.165, 1.54) is 11.3 Å². The summed E-state index contributed by atoms with van der Waals surface area (Å²) in [7, 11) is -4.09. The quantitative estimate of drug-likeness (QED) is 0.548. The molecule has 0 saturated carbocycles. The zero-order valence-corrected chi connectivity index (χ0v) is 15.7. The number of benzene rings is 1. The first-order valence-electron chi connectivity index (χ1n) is 7.82. The summed E-state index contributed by atoms with van der Waals surface area (Å²) in [5, 5.41) is 5.53. The van der Waals surface area contributed by atoms with Crippen LogP contribution in [0.25, 0.3) is 10.8 Å². The minimum Gasteiger partial charge on any atom is -0.457 e. The van der Waals surface area contributed by atoms with Gasteiger partial charge in [0.2, 0.25) is 15.8 Å². The molecule has 0 aliphatic rings. The number of aromatic nitrogens is 2. The molecule has 0 unspecified atom stereocenters. The number of nitrogens with one attached hydrogen (secondary N) is 1. The normalized spacial score (nSPS) is 11.5. The molecule has 0 radical (unpaired) electrons. The second-order valence-corrected chi connectivity index (χ2v) is 8.09. The van der Waals surface area contributed by atoms with E-state index in [4.69, 9.17) is 9.26 Å². The number of sulfonamides is 1. The van der Waals surface area contributed by atoms with Gasteiger partial charge in [-0.15, -0.1) is 11.3 Å². The van der Waals surface area contributed by atoms with Gasteiger partial charge >= 0.3 is 5.97 Å². The SMILES string of the molecule is O=C(CCNS(=O)(=O)c1ccc(F)c(F)c1)OCc1noc(-c2cccs2)n1. The molecule has 12 heteroatoms. The fourth-order valence-electron chi connectivity index (χ4n) is 2.04. The van der Waals surface area contributed by atoms with E-state index in [-0.39, 0.29) is 25.4 Å². The van der Waals surface area contributed by atoms with Crippen LogP contribution in [-0.4, -0.2) is 31.1 Å². The molecule has 148 valence electrons. The lowest BCUT2D eigenvalue weighted by Gasteiger charge is -2.07. The zero-order chi connectivity index (χ0) is 20.1. The number of ether oxygens (including phenoxy) is 1. The molecule has 0 saturated heterocycles. The first kappa shape index (κ1) is 20.0. The Morgan fingerprint density at radius 1 is 1.25 bits per heavy atom. The Bertz CT molecular complexity index is 1070. The average Bonchev–Trinajstić information content (AvgIpc) is 3.33. The number of thiophene rings is 1. The van der Waals surface area contributed by atoms with E-state index in [9.17, 15) is 22.0 Å². The van der Waals surface area contributed by atoms with Crippen LogP contribution in [0.2, 0.25) is 0 Å². The van der Waals surface area contributed by atoms with Gasteiger partial charge in [0.25, 0.3) is 5.89 Å². The number of nitrogens with zero attached hydrogens (tertiary/aromatic N) is 2. The van der Waals surface area contributed by atoms with Crippen molar-refractivity contribution in [2.24, 2.45) is 0 Å². The van der Waals surface area contributed by atoms with Crippen LogP contribution in [0, 0.1) is 11.6 Å². The summed E-state index contributed by atoms with van der Waals surface area (Å²) >= 11 is 1.41. The predicted molar refractivity (Wildman–Crippen MR) is 93.6 cm³/mol. The van der Waals surface area contributed by atoms with Gasteiger partial charge in [-0.3, -0.25) is 4.79 Å². The topological polar surface area (TPSA) is 111 Å². The monoisotopic (exact) mass is 429 g/mol. The van der Waals surface area contributed by atoms with Crippen molar-refractivity contribution in [3.63, 3.8) is 0 Å². The Labute approximate surface area is 162 Å². The van der Waals surface area contributed by atoms with Gasteiger partial charge in [0.05, 0.1) is 16.2 Å². The highest BCUT2D eigenvalue weighted by Gasteiger charge is 2.17. The summed E-state index contributed by atoms with van der Waals surface area (Å²) in [4.78, 5) is 16.1. The van der Waals surface area contributed by atoms with E-state index >= 15 is 0 Å². The van der Waals surface area contributed by atoms with Crippen molar-refractivity contribution in [2.75, 3.05) is 6.54 Å². The summed E-state index contributed by atoms with van der Waals surface area (Å²) < 4.78 is 62.1. The Kier molecular flexibility index (Phi) is 6.11. The Morgan fingerprint density at radius 3 is 2.79 bits per heavy atom. The van der Waals surface area contributed by atoms with Crippen molar-refractivity contribution in [1.29, 1.82) is 0 Å². The number of halogens is 2. The second-order valence-electron chi connectivity index (χ2n) is 5.38. The van der Waals surface area contributed by atoms with Crippen LogP contribution in [0.5, 0.6) is 0 Å². The van der Waals surface area contributed by atoms with Crippen LogP contribution < -0.4 is 4.72 Å². The highest BCUT2D eigenvalue weighted by atomic mass is 32.2. The summed E-state index contributed by atoms with van der Waals surface area (Å²) in [6, 6.07) is 5.80. The number of carbonyl (C=O) groups excluding carboxylic acids is 1. The van der Waals surface area contributed by atoms with Gasteiger partial charge in [0.1, 0.15) is 0 Å². The maximum Gasteiger partial charge on any atom is 0.307 e. The van der Waals surface area contributed by atoms with Crippen molar-refractivity contribution in [1.82, 2.24) is 14.9 Å². The Balaban J connectivity index is 1.46. The third kappa shape index (κ3) is 4.97. The van der Waals surface area contributed by atoms with E-state index in [2.05, 4.69) is 14.9 Å². The molecule has 0 aliphatic heterocycles. The minimum absolute atomic E-state index is 0.166. The largest absolute Gasteiger partial charge is 0.457 e. The molecule has 2 aromatic heterocycles. The van der Waals surface area contributed by atoms with Gasteiger partial charge in [-0.05, 0) is 29.6 Å². The third-order valence-corrected chi connectivity index (χ3v) is 5.70. The molecule has 1 N–H and O–H groups in total. The van der Waals surface area contributed by atoms with E-state index < -0.39 is 32.5 Å². The molecule has 0 amide bonds. The summed E-state index contributed by atoms with van der Waals surface area (Å²) in [5.41, 5.74) is 0. The van der Waals surface area contributed by atoms with Crippen molar-refractivity contribution in [3.05, 3.63) is 53.2 Å². The van der Waals surface area contributed by atoms with Crippen LogP contribution in [0.3, 0.4) is 0 Å². The molecule has 1 aromatic carbocycles. The third-order valence-electron chi connectivity index (χ3n) is 3.38. The van der Waals surface area contributed by atoms with E-state index in [1.807, 2.05) is 11.4 Å². The molecule has 3 rings (SSSR count). The smallest absolute Gasteiger partial charge is 0.307 e. The fraction of sp³-hybridized carbons (Fsp3) is 0.188. The second kappa shape index (κ2) is 8.54. The maximum absolute atomic E-state index is 13.2. The Morgan fingerprint density at radius 2 is 2.07 bits per heavy atom. The number of hydrogen-bond acceptors (Lipinski definition) is 8. The molecule has 0 bridgehead atoms. The van der Waals surface area contributed by atoms with Crippen molar-refractivity contribution in [3.8, 4) is 10.8 Å². The first-order chi connectivity index (χ1) is 13.3. The molecule has 28 heavy (non-hydrogen) atoms. The predicted octanol–water partition coefficient (Wildman–Crippen LogP) is 2.49. The molecular formula is C16H13F2N3O5S2. The molecule has 0 atom stereocenters. The summed E-state index contributed by atoms with van der Waals surface area (Å²) in [6.07, 6.45) is -0.279. The van der Waals surface area contributed by atoms with E-state index in [1.54, 1.807) is 6.07 Å². The van der Waals surface area contributed by atoms with E-state index in [0.717, 1.165) is 10.9 Å². The fourth-order valence-corrected chi connectivity index (χ4v) is 3.73. The lowest BCUT2D eigenvalue weighted by Crippen LogP contribution is -2.27. The van der Waals surface area contributed by atoms with Crippen LogP contribution in [-0.2, 0) is 26.2 Å². The van der Waals surface area contributed by atoms with Crippen LogP contribution in [0.1, 0.15) is 12.2 Å². The number of carbonyl (C=O) groups is 1. The van der Waals surface area contributed by atoms with Crippen molar-refractivity contribution >= 4 is 27.3 Å². The van der Waals surface area contributed by atoms with Gasteiger partial charge in [0, 0.05) is 6.54 Å². The number of hydrogen-bond donors (Lipinski definition) is 1. The highest BCUT2D eigenvalue weighted by Crippen LogP contribution is 2.22. The summed E-state index contributed by atoms with van der Waals surface area (Å²) in [6.45, 7) is -0.517. The van der Waals surface area contributed by atoms with Gasteiger partial charge in [-0.1, -0.05) is 11.2 Å². The molecular weight excluding hydrogens is 416 g/mol. The van der Waals surface area contributed by atoms with Crippen LogP contribution in [0.15, 0.2) is 45.1 Å². The first-order valence-corrected chi connectivity index (χ1v) is 10.2. The standard InChI is InChI=1S/C16H13F2N3O5S2/c17-11-4-3-10(8-12(11)18)28(23,24)19-6-5-15(22)25-9-14-20-16(26-21-14)13-2-1-7-27-13/h1-4,7-8,19H,5-6,9H2. The van der Waals surface area contributed by atoms with Gasteiger partial charge in [-0.25, -0.2) is 21.9 Å². The molecule has 3 aromatic rings. The maximum atomic E-state index is 13.2. The lowest BCUT2D eigenvalue weighted by atomic mass is 10.3. The number of esters is 1. The average molecular weight is 429 g/mol. The van der Waals surface area contributed by atoms with Crippen LogP contribution >= 0.6 is 11.3 Å². The highest BCUT2D eigenvalue weighted by molar-refractivity contribution is 7.89. The molecule has 8 nitrogen and oxygen atoms in total. The lowest BCUT2D eigenvalue weighted by molar-refractivity contribution is -0.145. The molecule has 0 aliphatic carbocycles. The van der Waals surface area contributed by atoms with Gasteiger partial charge < -0.3 is 9.26 Å². The molecule has 0 fully saturated rings. The number of rotatable bonds is 8. The molecule has 0 spiro atoms. The Hall–Kier alpha value is -2.70. The minimum atomic E-state index is -4.09. The molecule has 2 heterocycles. The van der Waals surface area contributed by atoms with Crippen molar-refractivity contribution < 1.29 is 31.3 Å². The van der Waals surface area contributed by atoms with Gasteiger partial charge in [0.15, 0.2) is 18.2 Å². The van der Waals surface area contributed by atoms with E-state index in [0.29, 0.717) is 18.0 Å². The summed E-state index contributed by atoms with van der Waals surface area (Å²) in [5.74, 6) is -2.68. The zero-order valence-electron chi connectivity index (χ0n) is 14.1. The van der Waals surface area contributed by atoms with Crippen molar-refractivity contribution in [2.45, 2.75) is 17.9 Å². The van der Waals surface area contributed by atoms with Crippen LogP contribution in [0.4, 0.5) is 8.78 Å². The van der Waals surface area contributed by atoms with Gasteiger partial charge in [-0.2, -0.15) is 4.98 Å².